The van der Waals surface area contributed by atoms with E-state index in [0.29, 0.717) is 0 Å². The Morgan fingerprint density at radius 3 is 2.83 bits per heavy atom. The summed E-state index contributed by atoms with van der Waals surface area (Å²) < 4.78 is 7.25. The van der Waals surface area contributed by atoms with Crippen molar-refractivity contribution >= 4 is 17.4 Å². The lowest BCUT2D eigenvalue weighted by Crippen LogP contribution is -2.39. The number of aromatic nitrogens is 2. The Morgan fingerprint density at radius 2 is 2.07 bits per heavy atom. The second-order valence-corrected chi connectivity index (χ2v) is 7.15. The number of rotatable bonds is 5. The molecule has 0 aliphatic carbocycles. The molecule has 1 saturated heterocycles. The highest BCUT2D eigenvalue weighted by molar-refractivity contribution is 5.90. The van der Waals surface area contributed by atoms with E-state index in [1.54, 1.807) is 18.0 Å². The van der Waals surface area contributed by atoms with Gasteiger partial charge in [0.25, 0.3) is 0 Å². The van der Waals surface area contributed by atoms with Gasteiger partial charge >= 0.3 is 6.03 Å². The van der Waals surface area contributed by atoms with Crippen molar-refractivity contribution in [1.29, 1.82) is 0 Å². The summed E-state index contributed by atoms with van der Waals surface area (Å²) in [6, 6.07) is 15.6. The molecule has 0 radical (unpaired) electrons. The number of benzene rings is 2. The second-order valence-electron chi connectivity index (χ2n) is 7.15. The quantitative estimate of drug-likeness (QED) is 0.697. The first-order valence-electron chi connectivity index (χ1n) is 9.70. The SMILES string of the molecule is COc1ccccc1N1CC[C@H](NC(=O)Nc2ccc(-n3cccn3)cc2C)C1. The van der Waals surface area contributed by atoms with Crippen molar-refractivity contribution in [2.45, 2.75) is 19.4 Å². The van der Waals surface area contributed by atoms with Gasteiger partial charge in [0.05, 0.1) is 18.5 Å². The van der Waals surface area contributed by atoms with Crippen molar-refractivity contribution in [3.05, 3.63) is 66.5 Å². The maximum atomic E-state index is 12.5. The molecule has 1 aliphatic heterocycles. The van der Waals surface area contributed by atoms with Crippen LogP contribution in [0.2, 0.25) is 0 Å². The Hall–Kier alpha value is -3.48. The number of nitrogens with one attached hydrogen (secondary N) is 2. The lowest BCUT2D eigenvalue weighted by atomic mass is 10.2. The smallest absolute Gasteiger partial charge is 0.319 e. The van der Waals surface area contributed by atoms with E-state index in [-0.39, 0.29) is 12.1 Å². The molecular weight excluding hydrogens is 366 g/mol. The number of urea groups is 1. The Kier molecular flexibility index (Phi) is 5.37. The average molecular weight is 391 g/mol. The van der Waals surface area contributed by atoms with E-state index < -0.39 is 0 Å². The number of hydrogen-bond donors (Lipinski definition) is 2. The van der Waals surface area contributed by atoms with Crippen LogP contribution in [0.5, 0.6) is 5.75 Å². The fourth-order valence-corrected chi connectivity index (χ4v) is 3.68. The van der Waals surface area contributed by atoms with Crippen LogP contribution in [0.15, 0.2) is 60.9 Å². The molecule has 150 valence electrons. The number of ether oxygens (including phenoxy) is 1. The molecule has 1 aromatic heterocycles. The van der Waals surface area contributed by atoms with Gasteiger partial charge in [-0.1, -0.05) is 12.1 Å². The van der Waals surface area contributed by atoms with E-state index in [9.17, 15) is 4.79 Å². The summed E-state index contributed by atoms with van der Waals surface area (Å²) in [7, 11) is 1.68. The summed E-state index contributed by atoms with van der Waals surface area (Å²) in [6.07, 6.45) is 4.52. The highest BCUT2D eigenvalue weighted by Crippen LogP contribution is 2.30. The van der Waals surface area contributed by atoms with Crippen LogP contribution in [-0.4, -0.2) is 42.1 Å². The van der Waals surface area contributed by atoms with Gasteiger partial charge in [-0.3, -0.25) is 0 Å². The standard InChI is InChI=1S/C22H25N5O2/c1-16-14-18(27-12-5-11-23-27)8-9-19(16)25-22(28)24-17-10-13-26(15-17)20-6-3-4-7-21(20)29-2/h3-9,11-12,14,17H,10,13,15H2,1-2H3,(H2,24,25,28)/t17-/m0/s1. The van der Waals surface area contributed by atoms with Gasteiger partial charge < -0.3 is 20.3 Å². The monoisotopic (exact) mass is 391 g/mol. The Bertz CT molecular complexity index is 987. The first-order valence-corrected chi connectivity index (χ1v) is 9.70. The zero-order valence-electron chi connectivity index (χ0n) is 16.6. The number of anilines is 2. The highest BCUT2D eigenvalue weighted by Gasteiger charge is 2.25. The fraction of sp³-hybridized carbons (Fsp3) is 0.273. The fourth-order valence-electron chi connectivity index (χ4n) is 3.68. The topological polar surface area (TPSA) is 71.4 Å². The molecule has 29 heavy (non-hydrogen) atoms. The summed E-state index contributed by atoms with van der Waals surface area (Å²) in [5, 5.41) is 10.3. The Balaban J connectivity index is 1.36. The number of hydrogen-bond acceptors (Lipinski definition) is 4. The predicted molar refractivity (Wildman–Crippen MR) is 114 cm³/mol. The molecule has 0 bridgehead atoms. The summed E-state index contributed by atoms with van der Waals surface area (Å²) in [6.45, 7) is 3.61. The minimum Gasteiger partial charge on any atom is -0.495 e. The largest absolute Gasteiger partial charge is 0.495 e. The van der Waals surface area contributed by atoms with Gasteiger partial charge in [-0.15, -0.1) is 0 Å². The van der Waals surface area contributed by atoms with Crippen LogP contribution in [0, 0.1) is 6.92 Å². The van der Waals surface area contributed by atoms with Gasteiger partial charge in [-0.2, -0.15) is 5.10 Å². The van der Waals surface area contributed by atoms with E-state index >= 15 is 0 Å². The maximum Gasteiger partial charge on any atom is 0.319 e. The van der Waals surface area contributed by atoms with Crippen molar-refractivity contribution in [2.75, 3.05) is 30.4 Å². The summed E-state index contributed by atoms with van der Waals surface area (Å²) in [4.78, 5) is 14.8. The minimum atomic E-state index is -0.188. The number of nitrogens with zero attached hydrogens (tertiary/aromatic N) is 3. The molecule has 2 N–H and O–H groups in total. The molecule has 2 amide bonds. The van der Waals surface area contributed by atoms with Gasteiger partial charge in [0, 0.05) is 37.2 Å². The minimum absolute atomic E-state index is 0.0866. The lowest BCUT2D eigenvalue weighted by molar-refractivity contribution is 0.249. The molecule has 2 heterocycles. The van der Waals surface area contributed by atoms with Gasteiger partial charge in [0.2, 0.25) is 0 Å². The molecule has 7 nitrogen and oxygen atoms in total. The summed E-state index contributed by atoms with van der Waals surface area (Å²) in [5.41, 5.74) is 3.79. The molecule has 1 aliphatic rings. The third-order valence-corrected chi connectivity index (χ3v) is 5.18. The highest BCUT2D eigenvalue weighted by atomic mass is 16.5. The third kappa shape index (κ3) is 4.18. The molecule has 4 rings (SSSR count). The number of carbonyl (C=O) groups is 1. The molecule has 0 saturated carbocycles. The lowest BCUT2D eigenvalue weighted by Gasteiger charge is -2.21. The Labute approximate surface area is 170 Å². The molecule has 7 heteroatoms. The number of carbonyl (C=O) groups excluding carboxylic acids is 1. The second kappa shape index (κ2) is 8.26. The predicted octanol–water partition coefficient (Wildman–Crippen LogP) is 3.59. The van der Waals surface area contributed by atoms with Crippen molar-refractivity contribution in [3.8, 4) is 11.4 Å². The van der Waals surface area contributed by atoms with Gasteiger partial charge in [-0.05, 0) is 55.3 Å². The molecule has 3 aromatic rings. The molecular formula is C22H25N5O2. The molecule has 1 atom stereocenters. The van der Waals surface area contributed by atoms with Crippen molar-refractivity contribution in [1.82, 2.24) is 15.1 Å². The number of methoxy groups -OCH3 is 1. The van der Waals surface area contributed by atoms with Crippen LogP contribution >= 0.6 is 0 Å². The third-order valence-electron chi connectivity index (χ3n) is 5.18. The van der Waals surface area contributed by atoms with Crippen LogP contribution in [0.1, 0.15) is 12.0 Å². The van der Waals surface area contributed by atoms with Crippen molar-refractivity contribution in [3.63, 3.8) is 0 Å². The Morgan fingerprint density at radius 1 is 1.21 bits per heavy atom. The van der Waals surface area contributed by atoms with E-state index in [1.807, 2.05) is 61.7 Å². The number of amides is 2. The number of para-hydroxylation sites is 2. The van der Waals surface area contributed by atoms with Crippen molar-refractivity contribution in [2.24, 2.45) is 0 Å². The maximum absolute atomic E-state index is 12.5. The average Bonchev–Trinajstić information content (AvgIpc) is 3.42. The molecule has 1 fully saturated rings. The van der Waals surface area contributed by atoms with Crippen LogP contribution in [0.25, 0.3) is 5.69 Å². The first kappa shape index (κ1) is 18.9. The number of aryl methyl sites for hydroxylation is 1. The van der Waals surface area contributed by atoms with Gasteiger partial charge in [0.1, 0.15) is 5.75 Å². The van der Waals surface area contributed by atoms with Crippen molar-refractivity contribution < 1.29 is 9.53 Å². The molecule has 0 spiro atoms. The van der Waals surface area contributed by atoms with Crippen LogP contribution in [0.4, 0.5) is 16.2 Å². The van der Waals surface area contributed by atoms with E-state index in [4.69, 9.17) is 4.74 Å². The van der Waals surface area contributed by atoms with E-state index in [2.05, 4.69) is 20.6 Å². The van der Waals surface area contributed by atoms with Crippen LogP contribution in [0.3, 0.4) is 0 Å². The summed E-state index contributed by atoms with van der Waals surface area (Å²) in [5.74, 6) is 0.852. The van der Waals surface area contributed by atoms with Gasteiger partial charge in [0.15, 0.2) is 0 Å². The van der Waals surface area contributed by atoms with E-state index in [0.717, 1.165) is 47.9 Å². The summed E-state index contributed by atoms with van der Waals surface area (Å²) >= 11 is 0. The van der Waals surface area contributed by atoms with Crippen LogP contribution < -0.4 is 20.3 Å². The van der Waals surface area contributed by atoms with Crippen LogP contribution in [-0.2, 0) is 0 Å². The zero-order chi connectivity index (χ0) is 20.2. The normalized spacial score (nSPS) is 15.9. The molecule has 0 unspecified atom stereocenters. The molecule has 2 aromatic carbocycles. The first-order chi connectivity index (χ1) is 14.1. The van der Waals surface area contributed by atoms with Gasteiger partial charge in [-0.25, -0.2) is 9.48 Å². The van der Waals surface area contributed by atoms with E-state index in [1.165, 1.54) is 0 Å². The zero-order valence-corrected chi connectivity index (χ0v) is 16.6.